The Morgan fingerprint density at radius 1 is 1.19 bits per heavy atom. The van der Waals surface area contributed by atoms with Crippen LogP contribution < -0.4 is 4.74 Å². The molecule has 1 aliphatic heterocycles. The van der Waals surface area contributed by atoms with Crippen molar-refractivity contribution in [2.45, 2.75) is 32.4 Å². The van der Waals surface area contributed by atoms with Crippen LogP contribution in [0.4, 0.5) is 4.39 Å². The number of rotatable bonds is 7. The molecule has 0 N–H and O–H groups in total. The van der Waals surface area contributed by atoms with E-state index < -0.39 is 0 Å². The lowest BCUT2D eigenvalue weighted by molar-refractivity contribution is -0.136. The highest BCUT2D eigenvalue weighted by Crippen LogP contribution is 2.34. The number of hydrogen-bond acceptors (Lipinski definition) is 5. The Bertz CT molecular complexity index is 1080. The molecule has 168 valence electrons. The van der Waals surface area contributed by atoms with Gasteiger partial charge in [-0.25, -0.2) is 4.39 Å². The molecule has 0 aliphatic carbocycles. The van der Waals surface area contributed by atoms with E-state index in [9.17, 15) is 14.0 Å². The second-order valence-electron chi connectivity index (χ2n) is 7.92. The van der Waals surface area contributed by atoms with Crippen LogP contribution in [0.5, 0.6) is 5.75 Å². The first-order valence-electron chi connectivity index (χ1n) is 10.5. The number of carbonyl (C=O) groups excluding carboxylic acids is 2. The molecular formula is C24H25FN2O3S2. The number of halogens is 1. The Morgan fingerprint density at radius 3 is 2.75 bits per heavy atom. The van der Waals surface area contributed by atoms with Crippen molar-refractivity contribution in [3.05, 3.63) is 74.4 Å². The van der Waals surface area contributed by atoms with E-state index in [-0.39, 0.29) is 42.9 Å². The van der Waals surface area contributed by atoms with E-state index in [1.165, 1.54) is 28.3 Å². The predicted octanol–water partition coefficient (Wildman–Crippen LogP) is 5.00. The van der Waals surface area contributed by atoms with Crippen molar-refractivity contribution in [1.29, 1.82) is 0 Å². The number of carbonyl (C=O) groups is 2. The van der Waals surface area contributed by atoms with Gasteiger partial charge in [-0.2, -0.15) is 0 Å². The molecule has 0 saturated heterocycles. The summed E-state index contributed by atoms with van der Waals surface area (Å²) in [5.74, 6) is -0.191. The Labute approximate surface area is 195 Å². The number of fused-ring (bicyclic) bond motifs is 1. The highest BCUT2D eigenvalue weighted by Gasteiger charge is 2.34. The van der Waals surface area contributed by atoms with Crippen LogP contribution in [0.25, 0.3) is 0 Å². The van der Waals surface area contributed by atoms with Gasteiger partial charge in [0.15, 0.2) is 0 Å². The normalized spacial score (nSPS) is 15.5. The summed E-state index contributed by atoms with van der Waals surface area (Å²) in [6.07, 6.45) is 0.774. The lowest BCUT2D eigenvalue weighted by Gasteiger charge is -2.37. The Kier molecular flexibility index (Phi) is 6.91. The van der Waals surface area contributed by atoms with E-state index in [1.807, 2.05) is 36.7 Å². The highest BCUT2D eigenvalue weighted by molar-refractivity contribution is 7.12. The SMILES string of the molecule is CC(C)N(CC(=O)N1CCc2sccc2C1COc1cccc(F)c1)C(=O)c1cccs1. The predicted molar refractivity (Wildman–Crippen MR) is 125 cm³/mol. The maximum absolute atomic E-state index is 13.6. The first kappa shape index (κ1) is 22.5. The third kappa shape index (κ3) is 4.86. The van der Waals surface area contributed by atoms with Gasteiger partial charge in [-0.15, -0.1) is 22.7 Å². The fourth-order valence-corrected chi connectivity index (χ4v) is 5.48. The summed E-state index contributed by atoms with van der Waals surface area (Å²) < 4.78 is 19.4. The maximum Gasteiger partial charge on any atom is 0.264 e. The molecule has 0 radical (unpaired) electrons. The van der Waals surface area contributed by atoms with Crippen LogP contribution in [0.1, 0.15) is 40.0 Å². The van der Waals surface area contributed by atoms with Gasteiger partial charge in [0.2, 0.25) is 5.91 Å². The Morgan fingerprint density at radius 2 is 2.03 bits per heavy atom. The fourth-order valence-electron chi connectivity index (χ4n) is 3.87. The van der Waals surface area contributed by atoms with Crippen LogP contribution in [0.2, 0.25) is 0 Å². The molecule has 32 heavy (non-hydrogen) atoms. The van der Waals surface area contributed by atoms with Gasteiger partial charge in [-0.05, 0) is 60.9 Å². The summed E-state index contributed by atoms with van der Waals surface area (Å²) in [5, 5.41) is 3.88. The largest absolute Gasteiger partial charge is 0.491 e. The molecule has 1 unspecified atom stereocenters. The highest BCUT2D eigenvalue weighted by atomic mass is 32.1. The average molecular weight is 473 g/mol. The average Bonchev–Trinajstić information content (AvgIpc) is 3.47. The molecule has 1 aliphatic rings. The molecule has 8 heteroatoms. The number of amides is 2. The summed E-state index contributed by atoms with van der Waals surface area (Å²) in [6.45, 7) is 4.61. The zero-order valence-corrected chi connectivity index (χ0v) is 19.6. The van der Waals surface area contributed by atoms with Gasteiger partial charge in [0.25, 0.3) is 5.91 Å². The molecule has 2 amide bonds. The Hall–Kier alpha value is -2.71. The number of nitrogens with zero attached hydrogens (tertiary/aromatic N) is 2. The Balaban J connectivity index is 1.53. The van der Waals surface area contributed by atoms with E-state index in [4.69, 9.17) is 4.74 Å². The minimum Gasteiger partial charge on any atom is -0.491 e. The summed E-state index contributed by atoms with van der Waals surface area (Å²) in [5.41, 5.74) is 1.06. The van der Waals surface area contributed by atoms with E-state index in [0.717, 1.165) is 12.0 Å². The standard InChI is InChI=1S/C24H25FN2O3S2/c1-16(2)27(24(29)22-7-4-11-31-22)14-23(28)26-10-8-21-19(9-12-32-21)20(26)15-30-18-6-3-5-17(25)13-18/h3-7,9,11-13,16,20H,8,10,14-15H2,1-2H3. The van der Waals surface area contributed by atoms with Crippen molar-refractivity contribution < 1.29 is 18.7 Å². The lowest BCUT2D eigenvalue weighted by atomic mass is 10.0. The topological polar surface area (TPSA) is 49.9 Å². The molecule has 0 fully saturated rings. The van der Waals surface area contributed by atoms with E-state index >= 15 is 0 Å². The summed E-state index contributed by atoms with van der Waals surface area (Å²) >= 11 is 3.05. The van der Waals surface area contributed by atoms with Gasteiger partial charge in [-0.3, -0.25) is 9.59 Å². The minimum atomic E-state index is -0.366. The molecule has 3 aromatic rings. The van der Waals surface area contributed by atoms with Gasteiger partial charge >= 0.3 is 0 Å². The van der Waals surface area contributed by atoms with Crippen LogP contribution in [-0.4, -0.2) is 47.4 Å². The molecule has 2 aromatic heterocycles. The summed E-state index contributed by atoms with van der Waals surface area (Å²) in [4.78, 5) is 31.6. The lowest BCUT2D eigenvalue weighted by Crippen LogP contribution is -2.49. The second kappa shape index (κ2) is 9.83. The molecule has 1 aromatic carbocycles. The van der Waals surface area contributed by atoms with Crippen LogP contribution in [-0.2, 0) is 11.2 Å². The van der Waals surface area contributed by atoms with Gasteiger partial charge in [0.05, 0.1) is 10.9 Å². The van der Waals surface area contributed by atoms with Gasteiger partial charge in [0.1, 0.15) is 24.7 Å². The van der Waals surface area contributed by atoms with Gasteiger partial charge in [-0.1, -0.05) is 12.1 Å². The van der Waals surface area contributed by atoms with E-state index in [1.54, 1.807) is 39.3 Å². The number of benzene rings is 1. The summed E-state index contributed by atoms with van der Waals surface area (Å²) in [7, 11) is 0. The van der Waals surface area contributed by atoms with Crippen LogP contribution in [0, 0.1) is 5.82 Å². The third-order valence-electron chi connectivity index (χ3n) is 5.54. The molecule has 1 atom stereocenters. The number of ether oxygens (including phenoxy) is 1. The molecule has 0 spiro atoms. The molecule has 5 nitrogen and oxygen atoms in total. The quantitative estimate of drug-likeness (QED) is 0.486. The molecule has 0 bridgehead atoms. The monoisotopic (exact) mass is 472 g/mol. The number of thiophene rings is 2. The van der Waals surface area contributed by atoms with Crippen molar-refractivity contribution in [2.75, 3.05) is 19.7 Å². The van der Waals surface area contributed by atoms with Crippen molar-refractivity contribution >= 4 is 34.5 Å². The zero-order chi connectivity index (χ0) is 22.7. The molecule has 0 saturated carbocycles. The van der Waals surface area contributed by atoms with Gasteiger partial charge < -0.3 is 14.5 Å². The van der Waals surface area contributed by atoms with Crippen LogP contribution in [0.15, 0.2) is 53.2 Å². The van der Waals surface area contributed by atoms with E-state index in [2.05, 4.69) is 0 Å². The zero-order valence-electron chi connectivity index (χ0n) is 18.0. The van der Waals surface area contributed by atoms with Crippen molar-refractivity contribution in [1.82, 2.24) is 9.80 Å². The first-order chi connectivity index (χ1) is 15.4. The van der Waals surface area contributed by atoms with Crippen molar-refractivity contribution in [2.24, 2.45) is 0 Å². The minimum absolute atomic E-state index is 0.00430. The molecule has 4 rings (SSSR count). The molecule has 3 heterocycles. The smallest absolute Gasteiger partial charge is 0.264 e. The fraction of sp³-hybridized carbons (Fsp3) is 0.333. The van der Waals surface area contributed by atoms with E-state index in [0.29, 0.717) is 17.2 Å². The van der Waals surface area contributed by atoms with Crippen molar-refractivity contribution in [3.63, 3.8) is 0 Å². The summed E-state index contributed by atoms with van der Waals surface area (Å²) in [6, 6.07) is 11.2. The van der Waals surface area contributed by atoms with Crippen LogP contribution >= 0.6 is 22.7 Å². The first-order valence-corrected chi connectivity index (χ1v) is 12.3. The second-order valence-corrected chi connectivity index (χ2v) is 9.87. The van der Waals surface area contributed by atoms with Gasteiger partial charge in [0, 0.05) is 23.5 Å². The molecular weight excluding hydrogens is 447 g/mol. The maximum atomic E-state index is 13.6. The van der Waals surface area contributed by atoms with Crippen LogP contribution in [0.3, 0.4) is 0 Å². The number of hydrogen-bond donors (Lipinski definition) is 0. The third-order valence-corrected chi connectivity index (χ3v) is 7.40. The van der Waals surface area contributed by atoms with Crippen molar-refractivity contribution in [3.8, 4) is 5.75 Å².